The topological polar surface area (TPSA) is 108 Å². The summed E-state index contributed by atoms with van der Waals surface area (Å²) < 4.78 is 15.3. The first kappa shape index (κ1) is 27.7. The molecule has 2 aliphatic heterocycles. The molecule has 218 valence electrons. The molecule has 0 saturated carbocycles. The summed E-state index contributed by atoms with van der Waals surface area (Å²) in [5, 5.41) is 3.84. The first-order chi connectivity index (χ1) is 20.4. The van der Waals surface area contributed by atoms with E-state index in [4.69, 9.17) is 9.47 Å². The normalized spacial score (nSPS) is 18.3. The molecule has 5 heterocycles. The fourth-order valence-electron chi connectivity index (χ4n) is 6.32. The summed E-state index contributed by atoms with van der Waals surface area (Å²) in [6.07, 6.45) is 12.1. The second kappa shape index (κ2) is 11.4. The van der Waals surface area contributed by atoms with Gasteiger partial charge >= 0.3 is 0 Å². The van der Waals surface area contributed by atoms with Crippen molar-refractivity contribution in [2.24, 2.45) is 7.05 Å². The molecule has 6 rings (SSSR count). The maximum atomic E-state index is 12.7. The number of methoxy groups -OCH3 is 2. The van der Waals surface area contributed by atoms with E-state index in [1.165, 1.54) is 5.56 Å². The van der Waals surface area contributed by atoms with Crippen LogP contribution in [0.1, 0.15) is 48.8 Å². The van der Waals surface area contributed by atoms with Crippen molar-refractivity contribution in [2.45, 2.75) is 44.2 Å². The molecule has 1 N–H and O–H groups in total. The van der Waals surface area contributed by atoms with Crippen molar-refractivity contribution in [2.75, 3.05) is 27.3 Å². The number of piperidine rings is 2. The van der Waals surface area contributed by atoms with Gasteiger partial charge in [0, 0.05) is 56.6 Å². The van der Waals surface area contributed by atoms with E-state index in [-0.39, 0.29) is 23.4 Å². The monoisotopic (exact) mass is 569 g/mol. The maximum Gasteiger partial charge on any atom is 0.259 e. The number of imide groups is 1. The van der Waals surface area contributed by atoms with Crippen molar-refractivity contribution < 1.29 is 19.1 Å². The molecular formula is C32H35N5O5. The van der Waals surface area contributed by atoms with E-state index in [1.54, 1.807) is 38.2 Å². The van der Waals surface area contributed by atoms with Crippen molar-refractivity contribution in [3.05, 3.63) is 76.7 Å². The highest BCUT2D eigenvalue weighted by Gasteiger charge is 2.29. The molecule has 1 unspecified atom stereocenters. The molecule has 10 nitrogen and oxygen atoms in total. The van der Waals surface area contributed by atoms with Crippen molar-refractivity contribution in [3.63, 3.8) is 0 Å². The quantitative estimate of drug-likeness (QED) is 0.338. The van der Waals surface area contributed by atoms with E-state index in [0.29, 0.717) is 30.7 Å². The van der Waals surface area contributed by atoms with Crippen molar-refractivity contribution in [1.82, 2.24) is 24.3 Å². The van der Waals surface area contributed by atoms with Gasteiger partial charge in [0.25, 0.3) is 5.56 Å². The number of hydrogen-bond donors (Lipinski definition) is 1. The zero-order valence-electron chi connectivity index (χ0n) is 24.1. The van der Waals surface area contributed by atoms with Crippen LogP contribution in [0.5, 0.6) is 11.5 Å². The number of ether oxygens (including phenoxy) is 2. The van der Waals surface area contributed by atoms with Crippen LogP contribution in [0.2, 0.25) is 0 Å². The second-order valence-electron chi connectivity index (χ2n) is 11.1. The summed E-state index contributed by atoms with van der Waals surface area (Å²) in [7, 11) is 5.09. The van der Waals surface area contributed by atoms with E-state index < -0.39 is 0 Å². The molecule has 2 fully saturated rings. The lowest BCUT2D eigenvalue weighted by molar-refractivity contribution is -0.135. The molecule has 4 aromatic rings. The number of hydrogen-bond acceptors (Lipinski definition) is 7. The molecule has 3 aromatic heterocycles. The van der Waals surface area contributed by atoms with Crippen LogP contribution in [0, 0.1) is 0 Å². The molecule has 0 radical (unpaired) electrons. The minimum Gasteiger partial charge on any atom is -0.496 e. The van der Waals surface area contributed by atoms with Gasteiger partial charge in [0.05, 0.1) is 25.2 Å². The summed E-state index contributed by atoms with van der Waals surface area (Å²) in [4.78, 5) is 43.1. The molecule has 0 spiro atoms. The third kappa shape index (κ3) is 5.18. The lowest BCUT2D eigenvalue weighted by Gasteiger charge is -2.32. The van der Waals surface area contributed by atoms with Crippen molar-refractivity contribution >= 4 is 22.6 Å². The number of benzene rings is 1. The Balaban J connectivity index is 1.19. The van der Waals surface area contributed by atoms with E-state index >= 15 is 0 Å². The van der Waals surface area contributed by atoms with Crippen molar-refractivity contribution in [1.29, 1.82) is 0 Å². The van der Waals surface area contributed by atoms with Crippen LogP contribution in [-0.4, -0.2) is 58.1 Å². The molecule has 10 heteroatoms. The van der Waals surface area contributed by atoms with Gasteiger partial charge in [-0.1, -0.05) is 0 Å². The van der Waals surface area contributed by atoms with Crippen LogP contribution in [0.25, 0.3) is 21.9 Å². The van der Waals surface area contributed by atoms with Crippen molar-refractivity contribution in [3.8, 4) is 22.6 Å². The molecule has 2 saturated heterocycles. The summed E-state index contributed by atoms with van der Waals surface area (Å²) >= 11 is 0. The Morgan fingerprint density at radius 2 is 1.71 bits per heavy atom. The van der Waals surface area contributed by atoms with Gasteiger partial charge < -0.3 is 18.6 Å². The molecule has 0 aliphatic carbocycles. The number of nitrogens with zero attached hydrogens (tertiary/aromatic N) is 4. The Labute approximate surface area is 243 Å². The van der Waals surface area contributed by atoms with E-state index in [1.807, 2.05) is 35.2 Å². The number of carbonyl (C=O) groups excluding carboxylic acids is 2. The van der Waals surface area contributed by atoms with Gasteiger partial charge in [0.2, 0.25) is 11.8 Å². The zero-order chi connectivity index (χ0) is 29.4. The maximum absolute atomic E-state index is 12.7. The lowest BCUT2D eigenvalue weighted by Crippen LogP contribution is -2.41. The molecule has 0 bridgehead atoms. The van der Waals surface area contributed by atoms with E-state index in [0.717, 1.165) is 59.5 Å². The van der Waals surface area contributed by atoms with Crippen LogP contribution < -0.4 is 20.3 Å². The number of pyridine rings is 2. The third-order valence-corrected chi connectivity index (χ3v) is 8.65. The SMILES string of the molecule is COc1cc(-c2cn(C)c(=O)c3cnccc23)cc(OC)c1CN1CCC(c2ccn(C3CCC(=O)NC3=O)c2)CC1. The largest absolute Gasteiger partial charge is 0.496 e. The molecule has 42 heavy (non-hydrogen) atoms. The predicted molar refractivity (Wildman–Crippen MR) is 159 cm³/mol. The Bertz CT molecular complexity index is 1690. The van der Waals surface area contributed by atoms with E-state index in [2.05, 4.69) is 27.5 Å². The van der Waals surface area contributed by atoms with Gasteiger partial charge in [-0.3, -0.25) is 29.6 Å². The number of likely N-dealkylation sites (tertiary alicyclic amines) is 1. The van der Waals surface area contributed by atoms with E-state index in [9.17, 15) is 14.4 Å². The van der Waals surface area contributed by atoms with Crippen LogP contribution >= 0.6 is 0 Å². The van der Waals surface area contributed by atoms with Crippen LogP contribution in [0.3, 0.4) is 0 Å². The molecular weight excluding hydrogens is 534 g/mol. The Hall–Kier alpha value is -4.44. The van der Waals surface area contributed by atoms with Crippen LogP contribution in [0.15, 0.2) is 60.0 Å². The Morgan fingerprint density at radius 3 is 2.40 bits per heavy atom. The average molecular weight is 570 g/mol. The Kier molecular flexibility index (Phi) is 7.55. The number of fused-ring (bicyclic) bond motifs is 1. The number of carbonyl (C=O) groups is 2. The molecule has 2 amide bonds. The minimum atomic E-state index is -0.324. The second-order valence-corrected chi connectivity index (χ2v) is 11.1. The number of aromatic nitrogens is 3. The van der Waals surface area contributed by atoms with Gasteiger partial charge in [0.15, 0.2) is 0 Å². The molecule has 1 aromatic carbocycles. The van der Waals surface area contributed by atoms with Gasteiger partial charge in [0.1, 0.15) is 17.5 Å². The number of amides is 2. The fourth-order valence-corrected chi connectivity index (χ4v) is 6.32. The lowest BCUT2D eigenvalue weighted by atomic mass is 9.91. The highest BCUT2D eigenvalue weighted by Crippen LogP contribution is 2.39. The third-order valence-electron chi connectivity index (χ3n) is 8.65. The predicted octanol–water partition coefficient (Wildman–Crippen LogP) is 3.78. The summed E-state index contributed by atoms with van der Waals surface area (Å²) in [5.74, 6) is 1.47. The number of aryl methyl sites for hydroxylation is 1. The fraction of sp³-hybridized carbons (Fsp3) is 0.375. The average Bonchev–Trinajstić information content (AvgIpc) is 3.49. The summed E-state index contributed by atoms with van der Waals surface area (Å²) in [5.41, 5.74) is 3.94. The summed E-state index contributed by atoms with van der Waals surface area (Å²) in [6.45, 7) is 2.52. The highest BCUT2D eigenvalue weighted by atomic mass is 16.5. The highest BCUT2D eigenvalue weighted by molar-refractivity contribution is 5.99. The summed E-state index contributed by atoms with van der Waals surface area (Å²) in [6, 6.07) is 7.68. The molecule has 2 aliphatic rings. The first-order valence-electron chi connectivity index (χ1n) is 14.3. The van der Waals surface area contributed by atoms with Gasteiger partial charge in [-0.05, 0) is 79.0 Å². The first-order valence-corrected chi connectivity index (χ1v) is 14.3. The zero-order valence-corrected chi connectivity index (χ0v) is 24.1. The minimum absolute atomic E-state index is 0.0895. The number of rotatable bonds is 7. The van der Waals surface area contributed by atoms with Gasteiger partial charge in [-0.2, -0.15) is 0 Å². The van der Waals surface area contributed by atoms with Crippen LogP contribution in [-0.2, 0) is 23.2 Å². The number of nitrogens with one attached hydrogen (secondary N) is 1. The Morgan fingerprint density at radius 1 is 0.976 bits per heavy atom. The van der Waals surface area contributed by atoms with Gasteiger partial charge in [-0.25, -0.2) is 0 Å². The smallest absolute Gasteiger partial charge is 0.259 e. The van der Waals surface area contributed by atoms with Crippen LogP contribution in [0.4, 0.5) is 0 Å². The molecule has 1 atom stereocenters. The van der Waals surface area contributed by atoms with Gasteiger partial charge in [-0.15, -0.1) is 0 Å². The standard InChI is InChI=1S/C32H35N5O5/c1-35-18-25(23-6-10-33-16-24(23)32(35)40)22-14-28(41-2)26(29(15-22)42-3)19-36-11-7-20(8-12-36)21-9-13-37(17-21)27-4-5-30(38)34-31(27)39/h6,9-10,13-18,20,27H,4-5,7-8,11-12,19H2,1-3H3,(H,34,38,39).